The zero-order chi connectivity index (χ0) is 8.97. The van der Waals surface area contributed by atoms with E-state index >= 15 is 0 Å². The monoisotopic (exact) mass is 186 g/mol. The molecule has 0 radical (unpaired) electrons. The summed E-state index contributed by atoms with van der Waals surface area (Å²) in [5, 5.41) is 8.47. The van der Waals surface area contributed by atoms with Crippen molar-refractivity contribution >= 4 is 17.5 Å². The molecule has 0 aliphatic carbocycles. The van der Waals surface area contributed by atoms with E-state index in [0.717, 1.165) is 4.88 Å². The second-order valence-corrected chi connectivity index (χ2v) is 3.38. The first kappa shape index (κ1) is 9.15. The van der Waals surface area contributed by atoms with Crippen molar-refractivity contribution in [3.05, 3.63) is 17.1 Å². The van der Waals surface area contributed by atoms with Gasteiger partial charge in [0.25, 0.3) is 0 Å². The SMILES string of the molecule is N[C@H](CCc1ccns1)C(=O)O. The van der Waals surface area contributed by atoms with Crippen LogP contribution in [-0.4, -0.2) is 21.5 Å². The molecule has 0 fully saturated rings. The number of nitrogens with zero attached hydrogens (tertiary/aromatic N) is 1. The molecule has 0 bridgehead atoms. The van der Waals surface area contributed by atoms with Crippen molar-refractivity contribution in [1.29, 1.82) is 0 Å². The van der Waals surface area contributed by atoms with Crippen LogP contribution < -0.4 is 5.73 Å². The molecule has 1 atom stereocenters. The van der Waals surface area contributed by atoms with E-state index in [2.05, 4.69) is 4.37 Å². The summed E-state index contributed by atoms with van der Waals surface area (Å²) in [6, 6.07) is 1.12. The van der Waals surface area contributed by atoms with Gasteiger partial charge in [-0.2, -0.15) is 0 Å². The van der Waals surface area contributed by atoms with E-state index in [-0.39, 0.29) is 0 Å². The number of aromatic nitrogens is 1. The molecule has 0 unspecified atom stereocenters. The molecule has 66 valence electrons. The van der Waals surface area contributed by atoms with Gasteiger partial charge >= 0.3 is 5.97 Å². The summed E-state index contributed by atoms with van der Waals surface area (Å²) >= 11 is 1.38. The average Bonchev–Trinajstić information content (AvgIpc) is 2.51. The summed E-state index contributed by atoms with van der Waals surface area (Å²) in [4.78, 5) is 11.4. The standard InChI is InChI=1S/C7H10N2O2S/c8-6(7(10)11)2-1-5-3-4-9-12-5/h3-4,6H,1-2,8H2,(H,10,11)/t6-/m1/s1. The minimum absolute atomic E-state index is 0.470. The molecule has 0 saturated carbocycles. The highest BCUT2D eigenvalue weighted by Gasteiger charge is 2.10. The molecule has 1 aromatic heterocycles. The van der Waals surface area contributed by atoms with Crippen LogP contribution in [0.25, 0.3) is 0 Å². The highest BCUT2D eigenvalue weighted by Crippen LogP contribution is 2.08. The molecule has 0 amide bonds. The second kappa shape index (κ2) is 4.18. The number of nitrogens with two attached hydrogens (primary N) is 1. The smallest absolute Gasteiger partial charge is 0.320 e. The molecule has 0 aliphatic rings. The van der Waals surface area contributed by atoms with Crippen molar-refractivity contribution < 1.29 is 9.90 Å². The fourth-order valence-electron chi connectivity index (χ4n) is 0.792. The Morgan fingerprint density at radius 3 is 3.08 bits per heavy atom. The Morgan fingerprint density at radius 2 is 2.58 bits per heavy atom. The third-order valence-electron chi connectivity index (χ3n) is 1.51. The zero-order valence-electron chi connectivity index (χ0n) is 6.43. The lowest BCUT2D eigenvalue weighted by Crippen LogP contribution is -2.30. The van der Waals surface area contributed by atoms with Crippen LogP contribution in [0.3, 0.4) is 0 Å². The molecule has 0 spiro atoms. The van der Waals surface area contributed by atoms with E-state index in [1.807, 2.05) is 6.07 Å². The van der Waals surface area contributed by atoms with Crippen molar-refractivity contribution in [3.8, 4) is 0 Å². The van der Waals surface area contributed by atoms with Crippen LogP contribution in [0.1, 0.15) is 11.3 Å². The minimum Gasteiger partial charge on any atom is -0.480 e. The van der Waals surface area contributed by atoms with Gasteiger partial charge in [0.1, 0.15) is 6.04 Å². The molecule has 1 heterocycles. The number of carbonyl (C=O) groups is 1. The van der Waals surface area contributed by atoms with Gasteiger partial charge in [-0.3, -0.25) is 4.79 Å². The Kier molecular flexibility index (Phi) is 3.19. The molecule has 1 rings (SSSR count). The molecule has 4 nitrogen and oxygen atoms in total. The normalized spacial score (nSPS) is 12.8. The molecule has 5 heteroatoms. The van der Waals surface area contributed by atoms with Gasteiger partial charge in [-0.15, -0.1) is 0 Å². The quantitative estimate of drug-likeness (QED) is 0.717. The van der Waals surface area contributed by atoms with Crippen molar-refractivity contribution in [2.75, 3.05) is 0 Å². The van der Waals surface area contributed by atoms with E-state index in [4.69, 9.17) is 10.8 Å². The summed E-state index contributed by atoms with van der Waals surface area (Å²) in [7, 11) is 0. The zero-order valence-corrected chi connectivity index (χ0v) is 7.25. The van der Waals surface area contributed by atoms with E-state index in [1.54, 1.807) is 6.20 Å². The Bertz CT molecular complexity index is 248. The number of carboxylic acids is 1. The Hall–Kier alpha value is -0.940. The van der Waals surface area contributed by atoms with Crippen LogP contribution in [0.5, 0.6) is 0 Å². The van der Waals surface area contributed by atoms with Crippen LogP contribution in [-0.2, 0) is 11.2 Å². The summed E-state index contributed by atoms with van der Waals surface area (Å²) in [6.45, 7) is 0. The van der Waals surface area contributed by atoms with Crippen molar-refractivity contribution in [2.45, 2.75) is 18.9 Å². The Labute approximate surface area is 74.2 Å². The molecule has 0 aliphatic heterocycles. The summed E-state index contributed by atoms with van der Waals surface area (Å²) in [6.07, 6.45) is 2.86. The van der Waals surface area contributed by atoms with E-state index < -0.39 is 12.0 Å². The minimum atomic E-state index is -0.945. The first-order valence-corrected chi connectivity index (χ1v) is 4.35. The number of aliphatic carboxylic acids is 1. The maximum Gasteiger partial charge on any atom is 0.320 e. The summed E-state index contributed by atoms with van der Waals surface area (Å²) in [5.41, 5.74) is 5.32. The number of carboxylic acid groups (broad SMARTS) is 1. The molecular weight excluding hydrogens is 176 g/mol. The predicted molar refractivity (Wildman–Crippen MR) is 46.0 cm³/mol. The lowest BCUT2D eigenvalue weighted by molar-refractivity contribution is -0.138. The first-order chi connectivity index (χ1) is 5.70. The van der Waals surface area contributed by atoms with Crippen molar-refractivity contribution in [3.63, 3.8) is 0 Å². The van der Waals surface area contributed by atoms with Crippen LogP contribution in [0.2, 0.25) is 0 Å². The first-order valence-electron chi connectivity index (χ1n) is 3.58. The van der Waals surface area contributed by atoms with Gasteiger partial charge < -0.3 is 10.8 Å². The van der Waals surface area contributed by atoms with Crippen LogP contribution in [0.15, 0.2) is 12.3 Å². The number of hydrogen-bond donors (Lipinski definition) is 2. The topological polar surface area (TPSA) is 76.2 Å². The van der Waals surface area contributed by atoms with Gasteiger partial charge in [0.15, 0.2) is 0 Å². The van der Waals surface area contributed by atoms with Gasteiger partial charge in [0.2, 0.25) is 0 Å². The van der Waals surface area contributed by atoms with Gasteiger partial charge in [-0.25, -0.2) is 4.37 Å². The predicted octanol–water partition coefficient (Wildman–Crippen LogP) is 0.488. The number of aryl methyl sites for hydroxylation is 1. The van der Waals surface area contributed by atoms with Crippen LogP contribution >= 0.6 is 11.5 Å². The van der Waals surface area contributed by atoms with E-state index in [0.29, 0.717) is 12.8 Å². The van der Waals surface area contributed by atoms with E-state index in [9.17, 15) is 4.79 Å². The Morgan fingerprint density at radius 1 is 1.83 bits per heavy atom. The second-order valence-electron chi connectivity index (χ2n) is 2.46. The fraction of sp³-hybridized carbons (Fsp3) is 0.429. The molecule has 12 heavy (non-hydrogen) atoms. The van der Waals surface area contributed by atoms with Gasteiger partial charge in [-0.05, 0) is 30.4 Å². The highest BCUT2D eigenvalue weighted by atomic mass is 32.1. The lowest BCUT2D eigenvalue weighted by Gasteiger charge is -2.02. The van der Waals surface area contributed by atoms with Gasteiger partial charge in [0, 0.05) is 11.1 Å². The molecule has 0 aromatic carbocycles. The third kappa shape index (κ3) is 2.60. The van der Waals surface area contributed by atoms with Crippen molar-refractivity contribution in [1.82, 2.24) is 4.37 Å². The lowest BCUT2D eigenvalue weighted by atomic mass is 10.1. The molecule has 3 N–H and O–H groups in total. The number of hydrogen-bond acceptors (Lipinski definition) is 4. The van der Waals surface area contributed by atoms with Crippen LogP contribution in [0, 0.1) is 0 Å². The largest absolute Gasteiger partial charge is 0.480 e. The molecule has 0 saturated heterocycles. The van der Waals surface area contributed by atoms with E-state index in [1.165, 1.54) is 11.5 Å². The average molecular weight is 186 g/mol. The van der Waals surface area contributed by atoms with Gasteiger partial charge in [-0.1, -0.05) is 0 Å². The van der Waals surface area contributed by atoms with Crippen molar-refractivity contribution in [2.24, 2.45) is 5.73 Å². The van der Waals surface area contributed by atoms with Gasteiger partial charge in [0.05, 0.1) is 0 Å². The summed E-state index contributed by atoms with van der Waals surface area (Å²) in [5.74, 6) is -0.945. The highest BCUT2D eigenvalue weighted by molar-refractivity contribution is 7.05. The Balaban J connectivity index is 2.31. The summed E-state index contributed by atoms with van der Waals surface area (Å²) < 4.78 is 3.90. The fourth-order valence-corrected chi connectivity index (χ4v) is 1.38. The number of rotatable bonds is 4. The molecular formula is C7H10N2O2S. The maximum atomic E-state index is 10.3. The maximum absolute atomic E-state index is 10.3. The van der Waals surface area contributed by atoms with Crippen LogP contribution in [0.4, 0.5) is 0 Å². The molecule has 1 aromatic rings. The third-order valence-corrected chi connectivity index (χ3v) is 2.31.